The van der Waals surface area contributed by atoms with Crippen LogP contribution >= 0.6 is 0 Å². The van der Waals surface area contributed by atoms with Crippen LogP contribution in [0, 0.1) is 48.5 Å². The van der Waals surface area contributed by atoms with E-state index in [1.807, 2.05) is 0 Å². The highest BCUT2D eigenvalue weighted by atomic mass is 16.5. The molecule has 0 saturated carbocycles. The minimum Gasteiger partial charge on any atom is -0.496 e. The number of ether oxygens (including phenoxy) is 1. The molecule has 0 aromatic heterocycles. The highest BCUT2D eigenvalue weighted by Crippen LogP contribution is 2.56. The van der Waals surface area contributed by atoms with Crippen molar-refractivity contribution in [2.24, 2.45) is 0 Å². The summed E-state index contributed by atoms with van der Waals surface area (Å²) in [6.45, 7) is 20.5. The van der Waals surface area contributed by atoms with Gasteiger partial charge in [-0.25, -0.2) is 0 Å². The highest BCUT2D eigenvalue weighted by molar-refractivity contribution is 5.90. The van der Waals surface area contributed by atoms with Gasteiger partial charge in [0.05, 0.1) is 7.11 Å². The fourth-order valence-corrected chi connectivity index (χ4v) is 5.06. The van der Waals surface area contributed by atoms with Gasteiger partial charge in [0.25, 0.3) is 0 Å². The van der Waals surface area contributed by atoms with Gasteiger partial charge in [-0.1, -0.05) is 13.8 Å². The third kappa shape index (κ3) is 1.82. The van der Waals surface area contributed by atoms with Crippen molar-refractivity contribution < 1.29 is 4.74 Å². The highest BCUT2D eigenvalue weighted by Gasteiger charge is 2.42. The van der Waals surface area contributed by atoms with Crippen LogP contribution in [0.2, 0.25) is 0 Å². The van der Waals surface area contributed by atoms with Crippen LogP contribution in [0.15, 0.2) is 0 Å². The Kier molecular flexibility index (Phi) is 3.64. The summed E-state index contributed by atoms with van der Waals surface area (Å²) in [4.78, 5) is 0. The lowest BCUT2D eigenvalue weighted by Crippen LogP contribution is -2.19. The van der Waals surface area contributed by atoms with E-state index in [9.17, 15) is 0 Å². The summed E-state index contributed by atoms with van der Waals surface area (Å²) in [5.74, 6) is 1.05. The first kappa shape index (κ1) is 17.1. The van der Waals surface area contributed by atoms with E-state index in [-0.39, 0.29) is 5.41 Å². The summed E-state index contributed by atoms with van der Waals surface area (Å²) >= 11 is 0. The average Bonchev–Trinajstić information content (AvgIpc) is 2.77. The first-order valence-electron chi connectivity index (χ1n) is 8.86. The van der Waals surface area contributed by atoms with Gasteiger partial charge in [-0.15, -0.1) is 0 Å². The summed E-state index contributed by atoms with van der Waals surface area (Å²) in [5, 5.41) is 0. The first-order chi connectivity index (χ1) is 11.1. The second-order valence-corrected chi connectivity index (χ2v) is 8.03. The Bertz CT molecular complexity index is 882. The maximum absolute atomic E-state index is 5.78. The van der Waals surface area contributed by atoms with Crippen LogP contribution in [-0.2, 0) is 5.41 Å². The lowest BCUT2D eigenvalue weighted by atomic mass is 9.76. The molecule has 0 amide bonds. The monoisotopic (exact) mass is 322 g/mol. The summed E-state index contributed by atoms with van der Waals surface area (Å²) in [7, 11) is 1.79. The molecule has 128 valence electrons. The Balaban J connectivity index is 2.61. The number of methoxy groups -OCH3 is 1. The smallest absolute Gasteiger partial charge is 0.125 e. The van der Waals surface area contributed by atoms with Crippen LogP contribution in [0.4, 0.5) is 0 Å². The topological polar surface area (TPSA) is 9.23 Å². The molecule has 0 aliphatic heterocycles. The van der Waals surface area contributed by atoms with Gasteiger partial charge >= 0.3 is 0 Å². The molecule has 2 aromatic rings. The average molecular weight is 322 g/mol. The van der Waals surface area contributed by atoms with Crippen LogP contribution in [0.25, 0.3) is 11.1 Å². The van der Waals surface area contributed by atoms with Crippen molar-refractivity contribution in [1.29, 1.82) is 0 Å². The largest absolute Gasteiger partial charge is 0.496 e. The summed E-state index contributed by atoms with van der Waals surface area (Å²) in [6, 6.07) is 0. The fraction of sp³-hybridized carbons (Fsp3) is 0.478. The maximum atomic E-state index is 5.78. The molecule has 2 aromatic carbocycles. The van der Waals surface area contributed by atoms with Crippen LogP contribution in [-0.4, -0.2) is 7.11 Å². The van der Waals surface area contributed by atoms with E-state index in [1.165, 1.54) is 61.2 Å². The molecule has 0 radical (unpaired) electrons. The van der Waals surface area contributed by atoms with E-state index in [1.54, 1.807) is 7.11 Å². The molecule has 0 spiro atoms. The molecule has 0 unspecified atom stereocenters. The lowest BCUT2D eigenvalue weighted by molar-refractivity contribution is 0.406. The van der Waals surface area contributed by atoms with Crippen molar-refractivity contribution in [3.8, 4) is 16.9 Å². The Morgan fingerprint density at radius 2 is 0.958 bits per heavy atom. The molecule has 0 fully saturated rings. The van der Waals surface area contributed by atoms with Crippen molar-refractivity contribution >= 4 is 0 Å². The van der Waals surface area contributed by atoms with Crippen LogP contribution in [0.1, 0.15) is 63.9 Å². The number of fused-ring (bicyclic) bond motifs is 3. The van der Waals surface area contributed by atoms with Crippen molar-refractivity contribution in [3.63, 3.8) is 0 Å². The van der Waals surface area contributed by atoms with Crippen molar-refractivity contribution in [2.75, 3.05) is 7.11 Å². The molecular formula is C23H30O. The third-order valence-electron chi connectivity index (χ3n) is 6.64. The minimum atomic E-state index is 0.00773. The number of benzene rings is 2. The molecule has 0 N–H and O–H groups in total. The van der Waals surface area contributed by atoms with E-state index in [0.29, 0.717) is 0 Å². The van der Waals surface area contributed by atoms with Crippen molar-refractivity contribution in [1.82, 2.24) is 0 Å². The summed E-state index contributed by atoms with van der Waals surface area (Å²) < 4.78 is 5.78. The quantitative estimate of drug-likeness (QED) is 0.611. The lowest BCUT2D eigenvalue weighted by Gasteiger charge is -2.28. The molecule has 24 heavy (non-hydrogen) atoms. The standard InChI is InChI=1S/C23H30O/c1-11-12(2)15(5)20-18(13(11)3)19-14(4)16(6)22(24-10)17(7)21(19)23(20,8)9/h1-10H3. The zero-order chi connectivity index (χ0) is 18.1. The maximum Gasteiger partial charge on any atom is 0.125 e. The van der Waals surface area contributed by atoms with E-state index in [0.717, 1.165) is 5.75 Å². The molecule has 0 bridgehead atoms. The van der Waals surface area contributed by atoms with Gasteiger partial charge in [0.2, 0.25) is 0 Å². The van der Waals surface area contributed by atoms with E-state index < -0.39 is 0 Å². The number of rotatable bonds is 1. The van der Waals surface area contributed by atoms with Gasteiger partial charge in [-0.3, -0.25) is 0 Å². The normalized spacial score (nSPS) is 14.6. The SMILES string of the molecule is COc1c(C)c(C)c2c(c1C)C(C)(C)c1c(C)c(C)c(C)c(C)c1-2. The predicted molar refractivity (Wildman–Crippen MR) is 104 cm³/mol. The van der Waals surface area contributed by atoms with Gasteiger partial charge in [-0.2, -0.15) is 0 Å². The predicted octanol–water partition coefficient (Wildman–Crippen LogP) is 6.16. The third-order valence-corrected chi connectivity index (χ3v) is 6.64. The molecule has 0 saturated heterocycles. The summed E-state index contributed by atoms with van der Waals surface area (Å²) in [5.41, 5.74) is 15.6. The van der Waals surface area contributed by atoms with Gasteiger partial charge in [-0.05, 0) is 110 Å². The molecule has 0 atom stereocenters. The molecular weight excluding hydrogens is 292 g/mol. The van der Waals surface area contributed by atoms with Crippen LogP contribution in [0.5, 0.6) is 5.75 Å². The fourth-order valence-electron chi connectivity index (χ4n) is 5.06. The minimum absolute atomic E-state index is 0.00773. The number of hydrogen-bond acceptors (Lipinski definition) is 1. The van der Waals surface area contributed by atoms with E-state index in [2.05, 4.69) is 62.3 Å². The van der Waals surface area contributed by atoms with Crippen LogP contribution < -0.4 is 4.74 Å². The Morgan fingerprint density at radius 3 is 1.46 bits per heavy atom. The molecule has 3 rings (SSSR count). The van der Waals surface area contributed by atoms with Gasteiger partial charge in [0.1, 0.15) is 5.75 Å². The van der Waals surface area contributed by atoms with Gasteiger partial charge < -0.3 is 4.74 Å². The van der Waals surface area contributed by atoms with Crippen molar-refractivity contribution in [2.45, 2.75) is 67.7 Å². The van der Waals surface area contributed by atoms with Gasteiger partial charge in [0, 0.05) is 5.41 Å². The summed E-state index contributed by atoms with van der Waals surface area (Å²) in [6.07, 6.45) is 0. The zero-order valence-corrected chi connectivity index (χ0v) is 16.9. The van der Waals surface area contributed by atoms with E-state index >= 15 is 0 Å². The molecule has 1 aliphatic rings. The zero-order valence-electron chi connectivity index (χ0n) is 16.9. The molecule has 1 nitrogen and oxygen atoms in total. The molecule has 0 heterocycles. The second kappa shape index (κ2) is 5.12. The van der Waals surface area contributed by atoms with Crippen molar-refractivity contribution in [3.05, 3.63) is 50.1 Å². The Morgan fingerprint density at radius 1 is 0.542 bits per heavy atom. The Labute approximate surface area is 147 Å². The Hall–Kier alpha value is -1.76. The van der Waals surface area contributed by atoms with Crippen LogP contribution in [0.3, 0.4) is 0 Å². The first-order valence-corrected chi connectivity index (χ1v) is 8.86. The van der Waals surface area contributed by atoms with Gasteiger partial charge in [0.15, 0.2) is 0 Å². The molecule has 1 aliphatic carbocycles. The second-order valence-electron chi connectivity index (χ2n) is 8.03. The van der Waals surface area contributed by atoms with E-state index in [4.69, 9.17) is 4.74 Å². The molecule has 1 heteroatoms. The number of hydrogen-bond donors (Lipinski definition) is 0.